The van der Waals surface area contributed by atoms with Crippen molar-refractivity contribution in [2.45, 2.75) is 13.0 Å². The molecular weight excluding hydrogens is 252 g/mol. The molecule has 2 N–H and O–H groups in total. The highest BCUT2D eigenvalue weighted by molar-refractivity contribution is 7.13. The third kappa shape index (κ3) is 4.25. The molecule has 6 nitrogen and oxygen atoms in total. The molecule has 0 radical (unpaired) electrons. The normalized spacial score (nSPS) is 18.3. The van der Waals surface area contributed by atoms with E-state index in [1.807, 2.05) is 12.3 Å². The second-order valence-corrected chi connectivity index (χ2v) is 5.14. The number of amides is 2. The summed E-state index contributed by atoms with van der Waals surface area (Å²) in [4.78, 5) is 18.0. The van der Waals surface area contributed by atoms with Gasteiger partial charge in [0.25, 0.3) is 0 Å². The molecule has 1 aliphatic heterocycles. The standard InChI is InChI=1S/C11H18N4O2S/c1-9(8-15-3-5-17-6-4-15)13-10(16)14-11-12-2-7-18-11/h2,7,9H,3-6,8H2,1H3,(H2,12,13,14,16). The van der Waals surface area contributed by atoms with Crippen molar-refractivity contribution in [3.05, 3.63) is 11.6 Å². The molecule has 1 aromatic rings. The number of morpholine rings is 1. The molecule has 2 heterocycles. The number of carbonyl (C=O) groups excluding carboxylic acids is 1. The molecule has 0 aromatic carbocycles. The van der Waals surface area contributed by atoms with E-state index in [0.717, 1.165) is 32.8 Å². The van der Waals surface area contributed by atoms with Crippen LogP contribution in [-0.2, 0) is 4.74 Å². The fraction of sp³-hybridized carbons (Fsp3) is 0.636. The number of hydrogen-bond donors (Lipinski definition) is 2. The monoisotopic (exact) mass is 270 g/mol. The third-order valence-corrected chi connectivity index (χ3v) is 3.35. The summed E-state index contributed by atoms with van der Waals surface area (Å²) < 4.78 is 5.28. The van der Waals surface area contributed by atoms with Crippen LogP contribution in [0.4, 0.5) is 9.93 Å². The smallest absolute Gasteiger partial charge is 0.321 e. The van der Waals surface area contributed by atoms with Crippen LogP contribution in [0.25, 0.3) is 0 Å². The van der Waals surface area contributed by atoms with Crippen molar-refractivity contribution in [3.63, 3.8) is 0 Å². The Balaban J connectivity index is 1.69. The number of anilines is 1. The molecule has 7 heteroatoms. The lowest BCUT2D eigenvalue weighted by Gasteiger charge is -2.29. The van der Waals surface area contributed by atoms with Crippen LogP contribution in [0.15, 0.2) is 11.6 Å². The SMILES string of the molecule is CC(CN1CCOCC1)NC(=O)Nc1nccs1. The van der Waals surface area contributed by atoms with Gasteiger partial charge in [0.1, 0.15) is 0 Å². The van der Waals surface area contributed by atoms with E-state index in [1.54, 1.807) is 6.20 Å². The average Bonchev–Trinajstić information content (AvgIpc) is 2.82. The lowest BCUT2D eigenvalue weighted by molar-refractivity contribution is 0.0350. The first kappa shape index (κ1) is 13.3. The molecule has 18 heavy (non-hydrogen) atoms. The molecule has 100 valence electrons. The molecule has 0 saturated carbocycles. The van der Waals surface area contributed by atoms with E-state index in [9.17, 15) is 4.79 Å². The number of carbonyl (C=O) groups is 1. The summed E-state index contributed by atoms with van der Waals surface area (Å²) in [5.41, 5.74) is 0. The van der Waals surface area contributed by atoms with E-state index in [1.165, 1.54) is 11.3 Å². The zero-order valence-corrected chi connectivity index (χ0v) is 11.2. The van der Waals surface area contributed by atoms with Gasteiger partial charge in [-0.1, -0.05) is 0 Å². The number of ether oxygens (including phenoxy) is 1. The van der Waals surface area contributed by atoms with Crippen molar-refractivity contribution in [1.82, 2.24) is 15.2 Å². The molecule has 2 rings (SSSR count). The highest BCUT2D eigenvalue weighted by Gasteiger charge is 2.15. The molecular formula is C11H18N4O2S. The number of nitrogens with zero attached hydrogens (tertiary/aromatic N) is 2. The fourth-order valence-electron chi connectivity index (χ4n) is 1.86. The van der Waals surface area contributed by atoms with Gasteiger partial charge in [0.15, 0.2) is 5.13 Å². The number of hydrogen-bond acceptors (Lipinski definition) is 5. The Bertz CT molecular complexity index is 365. The first-order valence-corrected chi connectivity index (χ1v) is 6.89. The Labute approximate surface area is 110 Å². The van der Waals surface area contributed by atoms with Crippen LogP contribution in [-0.4, -0.2) is 54.8 Å². The summed E-state index contributed by atoms with van der Waals surface area (Å²) in [6, 6.07) is -0.103. The topological polar surface area (TPSA) is 66.5 Å². The maximum atomic E-state index is 11.7. The molecule has 1 atom stereocenters. The van der Waals surface area contributed by atoms with Gasteiger partial charge in [-0.2, -0.15) is 0 Å². The van der Waals surface area contributed by atoms with Gasteiger partial charge in [-0.05, 0) is 6.92 Å². The Morgan fingerprint density at radius 3 is 3.06 bits per heavy atom. The average molecular weight is 270 g/mol. The minimum Gasteiger partial charge on any atom is -0.379 e. The minimum atomic E-state index is -0.203. The van der Waals surface area contributed by atoms with Gasteiger partial charge in [0, 0.05) is 37.3 Å². The number of nitrogens with one attached hydrogen (secondary N) is 2. The van der Waals surface area contributed by atoms with E-state index in [0.29, 0.717) is 5.13 Å². The zero-order chi connectivity index (χ0) is 12.8. The maximum absolute atomic E-state index is 11.7. The van der Waals surface area contributed by atoms with E-state index < -0.39 is 0 Å². The quantitative estimate of drug-likeness (QED) is 0.856. The lowest BCUT2D eigenvalue weighted by atomic mass is 10.3. The molecule has 1 fully saturated rings. The van der Waals surface area contributed by atoms with Crippen molar-refractivity contribution >= 4 is 22.5 Å². The molecule has 0 bridgehead atoms. The molecule has 1 unspecified atom stereocenters. The van der Waals surface area contributed by atoms with Gasteiger partial charge in [-0.25, -0.2) is 9.78 Å². The van der Waals surface area contributed by atoms with E-state index >= 15 is 0 Å². The van der Waals surface area contributed by atoms with Crippen molar-refractivity contribution in [2.75, 3.05) is 38.2 Å². The predicted octanol–water partition coefficient (Wildman–Crippen LogP) is 0.985. The number of rotatable bonds is 4. The van der Waals surface area contributed by atoms with Crippen molar-refractivity contribution < 1.29 is 9.53 Å². The molecule has 0 spiro atoms. The van der Waals surface area contributed by atoms with Crippen molar-refractivity contribution in [3.8, 4) is 0 Å². The summed E-state index contributed by atoms with van der Waals surface area (Å²) in [6.45, 7) is 6.25. The van der Waals surface area contributed by atoms with Gasteiger partial charge in [0.2, 0.25) is 0 Å². The Hall–Kier alpha value is -1.18. The summed E-state index contributed by atoms with van der Waals surface area (Å²) in [7, 11) is 0. The van der Waals surface area contributed by atoms with Gasteiger partial charge in [-0.15, -0.1) is 11.3 Å². The second kappa shape index (κ2) is 6.67. The van der Waals surface area contributed by atoms with Gasteiger partial charge in [-0.3, -0.25) is 10.2 Å². The molecule has 1 saturated heterocycles. The Kier molecular flexibility index (Phi) is 4.91. The van der Waals surface area contributed by atoms with Gasteiger partial charge in [0.05, 0.1) is 13.2 Å². The Morgan fingerprint density at radius 1 is 1.61 bits per heavy atom. The highest BCUT2D eigenvalue weighted by Crippen LogP contribution is 2.09. The Morgan fingerprint density at radius 2 is 2.39 bits per heavy atom. The molecule has 1 aromatic heterocycles. The summed E-state index contributed by atoms with van der Waals surface area (Å²) in [5, 5.41) is 8.05. The molecule has 1 aliphatic rings. The van der Waals surface area contributed by atoms with E-state index in [2.05, 4.69) is 20.5 Å². The second-order valence-electron chi connectivity index (χ2n) is 4.25. The van der Waals surface area contributed by atoms with Gasteiger partial charge < -0.3 is 10.1 Å². The van der Waals surface area contributed by atoms with Crippen molar-refractivity contribution in [2.24, 2.45) is 0 Å². The molecule has 2 amide bonds. The summed E-state index contributed by atoms with van der Waals surface area (Å²) in [6.07, 6.45) is 1.66. The predicted molar refractivity (Wildman–Crippen MR) is 71.0 cm³/mol. The zero-order valence-electron chi connectivity index (χ0n) is 10.4. The first-order valence-electron chi connectivity index (χ1n) is 6.01. The fourth-order valence-corrected chi connectivity index (χ4v) is 2.38. The van der Waals surface area contributed by atoms with Crippen LogP contribution in [0.1, 0.15) is 6.92 Å². The highest BCUT2D eigenvalue weighted by atomic mass is 32.1. The van der Waals surface area contributed by atoms with Crippen LogP contribution in [0, 0.1) is 0 Å². The number of thiazole rings is 1. The minimum absolute atomic E-state index is 0.100. The van der Waals surface area contributed by atoms with E-state index in [-0.39, 0.29) is 12.1 Å². The molecule has 0 aliphatic carbocycles. The summed E-state index contributed by atoms with van der Waals surface area (Å²) >= 11 is 1.40. The van der Waals surface area contributed by atoms with Crippen LogP contribution in [0.3, 0.4) is 0 Å². The first-order chi connectivity index (χ1) is 8.74. The summed E-state index contributed by atoms with van der Waals surface area (Å²) in [5.74, 6) is 0. The van der Waals surface area contributed by atoms with E-state index in [4.69, 9.17) is 4.74 Å². The third-order valence-electron chi connectivity index (χ3n) is 2.67. The van der Waals surface area contributed by atoms with Crippen LogP contribution in [0.5, 0.6) is 0 Å². The largest absolute Gasteiger partial charge is 0.379 e. The van der Waals surface area contributed by atoms with Gasteiger partial charge >= 0.3 is 6.03 Å². The van der Waals surface area contributed by atoms with Crippen LogP contribution < -0.4 is 10.6 Å². The lowest BCUT2D eigenvalue weighted by Crippen LogP contribution is -2.47. The van der Waals surface area contributed by atoms with Crippen LogP contribution in [0.2, 0.25) is 0 Å². The maximum Gasteiger partial charge on any atom is 0.321 e. The van der Waals surface area contributed by atoms with Crippen molar-refractivity contribution in [1.29, 1.82) is 0 Å². The number of urea groups is 1. The van der Waals surface area contributed by atoms with Crippen LogP contribution >= 0.6 is 11.3 Å². The number of aromatic nitrogens is 1.